The molecule has 1 N–H and O–H groups in total. The Morgan fingerprint density at radius 2 is 1.85 bits per heavy atom. The van der Waals surface area contributed by atoms with Crippen molar-refractivity contribution >= 4 is 34.5 Å². The van der Waals surface area contributed by atoms with Crippen molar-refractivity contribution in [2.24, 2.45) is 11.8 Å². The van der Waals surface area contributed by atoms with Crippen molar-refractivity contribution in [2.45, 2.75) is 70.5 Å². The summed E-state index contributed by atoms with van der Waals surface area (Å²) >= 11 is 6.39. The van der Waals surface area contributed by atoms with Crippen LogP contribution in [0.2, 0.25) is 5.02 Å². The van der Waals surface area contributed by atoms with Gasteiger partial charge >= 0.3 is 5.76 Å². The van der Waals surface area contributed by atoms with Crippen molar-refractivity contribution in [1.82, 2.24) is 34.6 Å². The topological polar surface area (TPSA) is 126 Å². The zero-order chi connectivity index (χ0) is 28.2. The van der Waals surface area contributed by atoms with Gasteiger partial charge in [-0.2, -0.15) is 0 Å². The number of rotatable bonds is 5. The number of halogens is 1. The van der Waals surface area contributed by atoms with Crippen LogP contribution in [0.4, 0.5) is 5.95 Å². The van der Waals surface area contributed by atoms with E-state index in [2.05, 4.69) is 31.5 Å². The predicted molar refractivity (Wildman–Crippen MR) is 155 cm³/mol. The fraction of sp³-hybridized carbons (Fsp3) is 0.517. The first-order valence-electron chi connectivity index (χ1n) is 14.5. The van der Waals surface area contributed by atoms with Crippen LogP contribution in [0.1, 0.15) is 51.9 Å². The van der Waals surface area contributed by atoms with E-state index in [4.69, 9.17) is 26.1 Å². The monoisotopic (exact) mass is 576 g/mol. The van der Waals surface area contributed by atoms with Crippen LogP contribution in [0.5, 0.6) is 0 Å². The molecule has 11 nitrogen and oxygen atoms in total. The molecule has 4 aromatic rings. The lowest BCUT2D eigenvalue weighted by Crippen LogP contribution is -2.59. The average molecular weight is 577 g/mol. The molecule has 0 spiro atoms. The van der Waals surface area contributed by atoms with Crippen LogP contribution >= 0.6 is 11.6 Å². The van der Waals surface area contributed by atoms with E-state index in [0.717, 1.165) is 61.6 Å². The van der Waals surface area contributed by atoms with E-state index in [0.29, 0.717) is 27.8 Å². The predicted octanol–water partition coefficient (Wildman–Crippen LogP) is 4.52. The van der Waals surface area contributed by atoms with Crippen LogP contribution in [-0.4, -0.2) is 66.1 Å². The van der Waals surface area contributed by atoms with Crippen LogP contribution in [0.25, 0.3) is 33.8 Å². The number of amides is 1. The highest BCUT2D eigenvalue weighted by molar-refractivity contribution is 6.30. The first kappa shape index (κ1) is 26.2. The van der Waals surface area contributed by atoms with E-state index >= 15 is 0 Å². The first-order valence-corrected chi connectivity index (χ1v) is 14.8. The molecule has 41 heavy (non-hydrogen) atoms. The number of H-pyrrole nitrogens is 1. The fourth-order valence-electron chi connectivity index (χ4n) is 7.03. The summed E-state index contributed by atoms with van der Waals surface area (Å²) in [4.78, 5) is 46.3. The summed E-state index contributed by atoms with van der Waals surface area (Å²) in [6.45, 7) is 3.39. The molecule has 7 rings (SSSR count). The summed E-state index contributed by atoms with van der Waals surface area (Å²) in [5, 5.41) is 4.37. The SMILES string of the molecule is CC1CCC(Cn2c(N3CC(=O)N(C)[C@H]4CCC[C@@H]43)nc3cc(-c4noc(=O)[nH]4)nc(-c4cncc(Cl)c4)c32)CC1. The highest BCUT2D eigenvalue weighted by atomic mass is 35.5. The molecule has 0 unspecified atom stereocenters. The number of imidazole rings is 1. The van der Waals surface area contributed by atoms with Gasteiger partial charge in [0.1, 0.15) is 12.2 Å². The maximum atomic E-state index is 13.2. The van der Waals surface area contributed by atoms with Crippen LogP contribution in [0, 0.1) is 11.8 Å². The quantitative estimate of drug-likeness (QED) is 0.367. The van der Waals surface area contributed by atoms with E-state index in [1.165, 1.54) is 12.8 Å². The Morgan fingerprint density at radius 1 is 1.05 bits per heavy atom. The summed E-state index contributed by atoms with van der Waals surface area (Å²) in [6, 6.07) is 4.04. The molecule has 3 aliphatic rings. The Hall–Kier alpha value is -3.73. The number of fused-ring (bicyclic) bond motifs is 2. The minimum Gasteiger partial charge on any atom is -0.339 e. The van der Waals surface area contributed by atoms with Crippen molar-refractivity contribution in [3.05, 3.63) is 40.1 Å². The molecule has 2 aliphatic carbocycles. The number of nitrogens with zero attached hydrogens (tertiary/aromatic N) is 7. The lowest BCUT2D eigenvalue weighted by Gasteiger charge is -2.43. The van der Waals surface area contributed by atoms with Crippen LogP contribution in [-0.2, 0) is 11.3 Å². The molecule has 2 saturated carbocycles. The summed E-state index contributed by atoms with van der Waals surface area (Å²) < 4.78 is 7.07. The summed E-state index contributed by atoms with van der Waals surface area (Å²) in [5.41, 5.74) is 3.36. The number of carbonyl (C=O) groups is 1. The highest BCUT2D eigenvalue weighted by Crippen LogP contribution is 2.40. The molecular weight excluding hydrogens is 544 g/mol. The average Bonchev–Trinajstić information content (AvgIpc) is 3.71. The number of anilines is 1. The Bertz CT molecular complexity index is 1670. The smallest absolute Gasteiger partial charge is 0.339 e. The van der Waals surface area contributed by atoms with E-state index in [9.17, 15) is 9.59 Å². The molecule has 0 bridgehead atoms. The van der Waals surface area contributed by atoms with Gasteiger partial charge in [-0.15, -0.1) is 0 Å². The number of carbonyl (C=O) groups excluding carboxylic acids is 1. The lowest BCUT2D eigenvalue weighted by atomic mass is 9.83. The van der Waals surface area contributed by atoms with Crippen LogP contribution in [0.3, 0.4) is 0 Å². The van der Waals surface area contributed by atoms with Crippen LogP contribution < -0.4 is 10.7 Å². The molecule has 12 heteroatoms. The third-order valence-corrected chi connectivity index (χ3v) is 9.45. The zero-order valence-electron chi connectivity index (χ0n) is 23.2. The number of aromatic amines is 1. The molecular formula is C29H33ClN8O3. The highest BCUT2D eigenvalue weighted by Gasteiger charge is 2.43. The van der Waals surface area contributed by atoms with Gasteiger partial charge in [0.2, 0.25) is 17.7 Å². The van der Waals surface area contributed by atoms with Gasteiger partial charge in [0.15, 0.2) is 0 Å². The van der Waals surface area contributed by atoms with Gasteiger partial charge in [0.05, 0.1) is 33.8 Å². The normalized spacial score (nSPS) is 24.8. The van der Waals surface area contributed by atoms with Crippen molar-refractivity contribution < 1.29 is 9.32 Å². The van der Waals surface area contributed by atoms with E-state index in [-0.39, 0.29) is 30.4 Å². The Balaban J connectivity index is 1.45. The van der Waals surface area contributed by atoms with Crippen molar-refractivity contribution in [3.8, 4) is 22.8 Å². The Kier molecular flexibility index (Phi) is 6.56. The summed E-state index contributed by atoms with van der Waals surface area (Å²) in [7, 11) is 1.92. The van der Waals surface area contributed by atoms with Gasteiger partial charge in [-0.05, 0) is 56.1 Å². The third-order valence-electron chi connectivity index (χ3n) is 9.24. The zero-order valence-corrected chi connectivity index (χ0v) is 24.0. The van der Waals surface area contributed by atoms with Gasteiger partial charge in [-0.25, -0.2) is 14.8 Å². The maximum Gasteiger partial charge on any atom is 0.439 e. The molecule has 1 amide bonds. The van der Waals surface area contributed by atoms with Gasteiger partial charge < -0.3 is 14.4 Å². The third kappa shape index (κ3) is 4.69. The minimum absolute atomic E-state index is 0.108. The number of aromatic nitrogens is 6. The molecule has 214 valence electrons. The number of hydrogen-bond donors (Lipinski definition) is 1. The number of hydrogen-bond acceptors (Lipinski definition) is 8. The molecule has 4 aromatic heterocycles. The Labute approximate surface area is 241 Å². The second-order valence-corrected chi connectivity index (χ2v) is 12.3. The minimum atomic E-state index is -0.658. The lowest BCUT2D eigenvalue weighted by molar-refractivity contribution is -0.132. The van der Waals surface area contributed by atoms with E-state index in [1.807, 2.05) is 24.1 Å². The van der Waals surface area contributed by atoms with E-state index < -0.39 is 5.76 Å². The molecule has 2 atom stereocenters. The largest absolute Gasteiger partial charge is 0.439 e. The Morgan fingerprint density at radius 3 is 2.61 bits per heavy atom. The van der Waals surface area contributed by atoms with Gasteiger partial charge in [-0.3, -0.25) is 19.3 Å². The summed E-state index contributed by atoms with van der Waals surface area (Å²) in [6.07, 6.45) is 11.1. The molecule has 0 radical (unpaired) electrons. The molecule has 1 saturated heterocycles. The van der Waals surface area contributed by atoms with Crippen LogP contribution in [0.15, 0.2) is 33.8 Å². The molecule has 5 heterocycles. The van der Waals surface area contributed by atoms with Gasteiger partial charge in [0.25, 0.3) is 0 Å². The molecule has 3 fully saturated rings. The van der Waals surface area contributed by atoms with Crippen molar-refractivity contribution in [3.63, 3.8) is 0 Å². The first-order chi connectivity index (χ1) is 19.9. The number of likely N-dealkylation sites (N-methyl/N-ethyl adjacent to an activating group) is 1. The maximum absolute atomic E-state index is 13.2. The molecule has 1 aliphatic heterocycles. The second kappa shape index (κ2) is 10.3. The standard InChI is InChI=1S/C29H33ClN8O3/c1-16-6-8-17(9-7-16)14-38-26-20(33-28(38)37-15-24(39)36(2)22-4-3-5-23(22)37)11-21(27-34-29(40)41-35-27)32-25(26)18-10-19(30)13-31-12-18/h10-13,16-17,22-23H,3-9,14-15H2,1-2H3,(H,34,35,40)/t16?,17?,22-,23-/m0/s1. The number of nitrogens with one attached hydrogen (secondary N) is 1. The number of pyridine rings is 2. The van der Waals surface area contributed by atoms with E-state index in [1.54, 1.807) is 12.4 Å². The van der Waals surface area contributed by atoms with Crippen molar-refractivity contribution in [2.75, 3.05) is 18.5 Å². The van der Waals surface area contributed by atoms with Gasteiger partial charge in [-0.1, -0.05) is 36.5 Å². The fourth-order valence-corrected chi connectivity index (χ4v) is 7.20. The summed E-state index contributed by atoms with van der Waals surface area (Å²) in [5.74, 6) is 1.69. The van der Waals surface area contributed by atoms with Crippen molar-refractivity contribution in [1.29, 1.82) is 0 Å². The molecule has 0 aromatic carbocycles. The van der Waals surface area contributed by atoms with Gasteiger partial charge in [0, 0.05) is 31.5 Å². The second-order valence-electron chi connectivity index (χ2n) is 11.9. The number of piperazine rings is 1.